The minimum absolute atomic E-state index is 0.0598. The van der Waals surface area contributed by atoms with E-state index in [0.717, 1.165) is 36.8 Å². The van der Waals surface area contributed by atoms with Crippen LogP contribution in [0.5, 0.6) is 5.75 Å². The molecule has 0 saturated heterocycles. The summed E-state index contributed by atoms with van der Waals surface area (Å²) >= 11 is 0. The number of carbonyl (C=O) groups is 1. The van der Waals surface area contributed by atoms with Gasteiger partial charge in [-0.25, -0.2) is 13.2 Å². The van der Waals surface area contributed by atoms with Crippen molar-refractivity contribution in [1.82, 2.24) is 14.5 Å². The van der Waals surface area contributed by atoms with Gasteiger partial charge in [0.05, 0.1) is 13.2 Å². The third kappa shape index (κ3) is 6.57. The molecular formula is C29H39N3O5S. The molecule has 4 rings (SSSR count). The lowest BCUT2D eigenvalue weighted by atomic mass is 10.0. The van der Waals surface area contributed by atoms with Gasteiger partial charge in [0.1, 0.15) is 16.7 Å². The number of urea groups is 1. The van der Waals surface area contributed by atoms with Gasteiger partial charge in [-0.05, 0) is 43.0 Å². The van der Waals surface area contributed by atoms with Gasteiger partial charge in [0.25, 0.3) is 0 Å². The van der Waals surface area contributed by atoms with E-state index in [-0.39, 0.29) is 41.8 Å². The van der Waals surface area contributed by atoms with E-state index in [1.807, 2.05) is 49.4 Å². The number of carbonyl (C=O) groups excluding carboxylic acids is 1. The van der Waals surface area contributed by atoms with Crippen molar-refractivity contribution in [3.8, 4) is 5.75 Å². The highest BCUT2D eigenvalue weighted by Gasteiger charge is 2.38. The van der Waals surface area contributed by atoms with Crippen LogP contribution in [-0.2, 0) is 10.0 Å². The van der Waals surface area contributed by atoms with Crippen LogP contribution in [0.3, 0.4) is 0 Å². The highest BCUT2D eigenvalue weighted by molar-refractivity contribution is 7.89. The standard InChI is InChI=1S/C29H39N3O5S/c1-21-18-32(22(2)20-33)38(35,36)28-16-15-24(14-13-23-9-5-4-6-10-23)17-26(28)37-27(21)19-31(3)29(34)30-25-11-7-8-12-25/h4-6,9-10,13-17,21-22,25,27,33H,7-8,11-12,18-20H2,1-3H3,(H,30,34)/b14-13+/t21-,22-,27+/m0/s1. The first-order valence-electron chi connectivity index (χ1n) is 13.4. The molecule has 0 unspecified atom stereocenters. The molecule has 2 N–H and O–H groups in total. The topological polar surface area (TPSA) is 99.2 Å². The van der Waals surface area contributed by atoms with Gasteiger partial charge in [-0.1, -0.05) is 68.3 Å². The van der Waals surface area contributed by atoms with Gasteiger partial charge in [-0.15, -0.1) is 0 Å². The smallest absolute Gasteiger partial charge is 0.317 e. The van der Waals surface area contributed by atoms with Crippen molar-refractivity contribution in [2.45, 2.75) is 62.6 Å². The molecule has 2 aliphatic rings. The number of hydrogen-bond acceptors (Lipinski definition) is 5. The van der Waals surface area contributed by atoms with E-state index in [1.54, 1.807) is 37.1 Å². The number of benzene rings is 2. The molecule has 38 heavy (non-hydrogen) atoms. The Bertz CT molecular complexity index is 1230. The average Bonchev–Trinajstić information content (AvgIpc) is 3.42. The Morgan fingerprint density at radius 3 is 2.53 bits per heavy atom. The molecule has 9 heteroatoms. The van der Waals surface area contributed by atoms with Crippen LogP contribution in [0.15, 0.2) is 53.4 Å². The summed E-state index contributed by atoms with van der Waals surface area (Å²) < 4.78 is 35.1. The SMILES string of the molecule is C[C@H]1CN([C@@H](C)CO)S(=O)(=O)c2ccc(/C=C/c3ccccc3)cc2O[C@@H]1CN(C)C(=O)NC1CCCC1. The van der Waals surface area contributed by atoms with Crippen molar-refractivity contribution in [2.75, 3.05) is 26.7 Å². The van der Waals surface area contributed by atoms with Crippen molar-refractivity contribution in [1.29, 1.82) is 0 Å². The van der Waals surface area contributed by atoms with Gasteiger partial charge >= 0.3 is 6.03 Å². The fourth-order valence-corrected chi connectivity index (χ4v) is 6.85. The number of nitrogens with one attached hydrogen (secondary N) is 1. The molecule has 1 aliphatic heterocycles. The van der Waals surface area contributed by atoms with Crippen LogP contribution in [0.2, 0.25) is 0 Å². The van der Waals surface area contributed by atoms with E-state index in [0.29, 0.717) is 6.54 Å². The van der Waals surface area contributed by atoms with Crippen LogP contribution in [0, 0.1) is 5.92 Å². The monoisotopic (exact) mass is 541 g/mol. The molecular weight excluding hydrogens is 502 g/mol. The summed E-state index contributed by atoms with van der Waals surface area (Å²) in [7, 11) is -2.18. The van der Waals surface area contributed by atoms with Gasteiger partial charge in [-0.3, -0.25) is 0 Å². The number of aliphatic hydroxyl groups is 1. The van der Waals surface area contributed by atoms with Crippen molar-refractivity contribution in [2.24, 2.45) is 5.92 Å². The van der Waals surface area contributed by atoms with Gasteiger partial charge < -0.3 is 20.1 Å². The zero-order chi connectivity index (χ0) is 27.3. The van der Waals surface area contributed by atoms with Crippen LogP contribution in [0.1, 0.15) is 50.7 Å². The number of rotatable bonds is 7. The van der Waals surface area contributed by atoms with E-state index in [9.17, 15) is 18.3 Å². The Morgan fingerprint density at radius 2 is 1.84 bits per heavy atom. The molecule has 8 nitrogen and oxygen atoms in total. The second kappa shape index (κ2) is 12.3. The Labute approximate surface area is 226 Å². The Kier molecular flexibility index (Phi) is 9.12. The number of nitrogens with zero attached hydrogens (tertiary/aromatic N) is 2. The number of amides is 2. The predicted octanol–water partition coefficient (Wildman–Crippen LogP) is 4.21. The zero-order valence-corrected chi connectivity index (χ0v) is 23.2. The third-order valence-corrected chi connectivity index (χ3v) is 9.46. The van der Waals surface area contributed by atoms with Crippen LogP contribution in [0.25, 0.3) is 12.2 Å². The number of fused-ring (bicyclic) bond motifs is 1. The molecule has 0 radical (unpaired) electrons. The lowest BCUT2D eigenvalue weighted by Crippen LogP contribution is -2.51. The number of sulfonamides is 1. The molecule has 0 bridgehead atoms. The molecule has 1 fully saturated rings. The fourth-order valence-electron chi connectivity index (χ4n) is 5.03. The Balaban J connectivity index is 1.64. The summed E-state index contributed by atoms with van der Waals surface area (Å²) in [6.07, 6.45) is 7.66. The summed E-state index contributed by atoms with van der Waals surface area (Å²) in [5.41, 5.74) is 1.82. The first-order chi connectivity index (χ1) is 18.2. The molecule has 0 spiro atoms. The summed E-state index contributed by atoms with van der Waals surface area (Å²) in [4.78, 5) is 14.6. The summed E-state index contributed by atoms with van der Waals surface area (Å²) in [6, 6.07) is 14.3. The molecule has 2 aromatic rings. The largest absolute Gasteiger partial charge is 0.487 e. The Hall–Kier alpha value is -2.88. The van der Waals surface area contributed by atoms with Crippen molar-refractivity contribution < 1.29 is 23.1 Å². The lowest BCUT2D eigenvalue weighted by molar-refractivity contribution is 0.0808. The lowest BCUT2D eigenvalue weighted by Gasteiger charge is -2.37. The molecule has 0 aromatic heterocycles. The van der Waals surface area contributed by atoms with Crippen LogP contribution >= 0.6 is 0 Å². The van der Waals surface area contributed by atoms with E-state index in [2.05, 4.69) is 5.32 Å². The maximum atomic E-state index is 13.7. The summed E-state index contributed by atoms with van der Waals surface area (Å²) in [6.45, 7) is 3.78. The van der Waals surface area contributed by atoms with Crippen molar-refractivity contribution in [3.63, 3.8) is 0 Å². The van der Waals surface area contributed by atoms with Gasteiger partial charge in [-0.2, -0.15) is 4.31 Å². The summed E-state index contributed by atoms with van der Waals surface area (Å²) in [5.74, 6) is 0.00803. The molecule has 1 saturated carbocycles. The van der Waals surface area contributed by atoms with Crippen molar-refractivity contribution in [3.05, 3.63) is 59.7 Å². The quantitative estimate of drug-likeness (QED) is 0.512. The minimum Gasteiger partial charge on any atom is -0.487 e. The molecule has 2 amide bonds. The maximum absolute atomic E-state index is 13.7. The average molecular weight is 542 g/mol. The first-order valence-corrected chi connectivity index (χ1v) is 14.8. The van der Waals surface area contributed by atoms with Crippen LogP contribution < -0.4 is 10.1 Å². The van der Waals surface area contributed by atoms with Crippen LogP contribution in [-0.4, -0.2) is 73.7 Å². The summed E-state index contributed by atoms with van der Waals surface area (Å²) in [5, 5.41) is 13.0. The number of likely N-dealkylation sites (N-methyl/N-ethyl adjacent to an activating group) is 1. The number of hydrogen-bond donors (Lipinski definition) is 2. The highest BCUT2D eigenvalue weighted by atomic mass is 32.2. The van der Waals surface area contributed by atoms with Gasteiger partial charge in [0.2, 0.25) is 10.0 Å². The molecule has 1 heterocycles. The zero-order valence-electron chi connectivity index (χ0n) is 22.4. The van der Waals surface area contributed by atoms with Gasteiger partial charge in [0, 0.05) is 31.6 Å². The van der Waals surface area contributed by atoms with Gasteiger partial charge in [0.15, 0.2) is 0 Å². The van der Waals surface area contributed by atoms with E-state index < -0.39 is 22.2 Å². The first kappa shape index (κ1) is 28.1. The maximum Gasteiger partial charge on any atom is 0.317 e. The number of aliphatic hydroxyl groups excluding tert-OH is 1. The van der Waals surface area contributed by atoms with E-state index in [1.165, 1.54) is 4.31 Å². The molecule has 3 atom stereocenters. The third-order valence-electron chi connectivity index (χ3n) is 7.44. The predicted molar refractivity (Wildman–Crippen MR) is 149 cm³/mol. The molecule has 1 aliphatic carbocycles. The molecule has 206 valence electrons. The fraction of sp³-hybridized carbons (Fsp3) is 0.483. The van der Waals surface area contributed by atoms with Crippen LogP contribution in [0.4, 0.5) is 4.79 Å². The minimum atomic E-state index is -3.92. The second-order valence-electron chi connectivity index (χ2n) is 10.5. The highest BCUT2D eigenvalue weighted by Crippen LogP contribution is 2.34. The number of ether oxygens (including phenoxy) is 1. The normalized spacial score (nSPS) is 22.7. The molecule has 2 aromatic carbocycles. The van der Waals surface area contributed by atoms with E-state index in [4.69, 9.17) is 4.74 Å². The van der Waals surface area contributed by atoms with Crippen molar-refractivity contribution >= 4 is 28.2 Å². The Morgan fingerprint density at radius 1 is 1.16 bits per heavy atom. The van der Waals surface area contributed by atoms with E-state index >= 15 is 0 Å². The second-order valence-corrected chi connectivity index (χ2v) is 12.4.